The summed E-state index contributed by atoms with van der Waals surface area (Å²) in [7, 11) is -2.93. The Kier molecular flexibility index (Phi) is 5.47. The van der Waals surface area contributed by atoms with Crippen LogP contribution < -0.4 is 0 Å². The molecule has 0 heterocycles. The Bertz CT molecular complexity index is 169. The minimum absolute atomic E-state index is 0.239. The van der Waals surface area contributed by atoms with Gasteiger partial charge in [0.1, 0.15) is 0 Å². The van der Waals surface area contributed by atoms with E-state index in [2.05, 4.69) is 6.58 Å². The van der Waals surface area contributed by atoms with Crippen molar-refractivity contribution in [2.45, 2.75) is 26.4 Å². The van der Waals surface area contributed by atoms with Crippen molar-refractivity contribution in [3.8, 4) is 0 Å². The second kappa shape index (κ2) is 5.52. The van der Waals surface area contributed by atoms with Gasteiger partial charge < -0.3 is 9.05 Å². The molecule has 4 heteroatoms. The second-order valence-corrected chi connectivity index (χ2v) is 4.76. The highest BCUT2D eigenvalue weighted by Crippen LogP contribution is 2.53. The monoisotopic (exact) mass is 192 g/mol. The maximum Gasteiger partial charge on any atom is 0.337 e. The van der Waals surface area contributed by atoms with Crippen molar-refractivity contribution in [2.24, 2.45) is 0 Å². The van der Waals surface area contributed by atoms with E-state index in [1.54, 1.807) is 26.8 Å². The average molecular weight is 192 g/mol. The van der Waals surface area contributed by atoms with Crippen LogP contribution in [-0.2, 0) is 13.6 Å². The molecule has 0 aromatic rings. The lowest BCUT2D eigenvalue weighted by atomic mass is 10.5. The summed E-state index contributed by atoms with van der Waals surface area (Å²) in [6.45, 7) is 9.72. The zero-order valence-corrected chi connectivity index (χ0v) is 8.84. The largest absolute Gasteiger partial charge is 0.337 e. The van der Waals surface area contributed by atoms with Crippen molar-refractivity contribution < 1.29 is 13.6 Å². The molecule has 0 N–H and O–H groups in total. The predicted molar refractivity (Wildman–Crippen MR) is 50.5 cm³/mol. The summed E-state index contributed by atoms with van der Waals surface area (Å²) >= 11 is 0. The molecular formula is C8H17O3P. The fraction of sp³-hybridized carbons (Fsp3) is 0.750. The molecule has 12 heavy (non-hydrogen) atoms. The number of allylic oxidation sites excluding steroid dienone is 1. The molecule has 0 spiro atoms. The van der Waals surface area contributed by atoms with Crippen LogP contribution in [0.5, 0.6) is 0 Å². The molecular weight excluding hydrogens is 175 g/mol. The molecule has 1 unspecified atom stereocenters. The van der Waals surface area contributed by atoms with Gasteiger partial charge in [-0.15, -0.1) is 6.58 Å². The van der Waals surface area contributed by atoms with Crippen molar-refractivity contribution in [3.63, 3.8) is 0 Å². The molecule has 0 rings (SSSR count). The third-order valence-electron chi connectivity index (χ3n) is 1.46. The molecule has 3 nitrogen and oxygen atoms in total. The van der Waals surface area contributed by atoms with Gasteiger partial charge in [-0.2, -0.15) is 0 Å². The SMILES string of the molecule is C=CC(C)P(=O)(OCC)OCC. The van der Waals surface area contributed by atoms with Crippen LogP contribution in [0.4, 0.5) is 0 Å². The molecule has 1 atom stereocenters. The number of hydrogen-bond acceptors (Lipinski definition) is 3. The van der Waals surface area contributed by atoms with Gasteiger partial charge in [-0.1, -0.05) is 6.08 Å². The van der Waals surface area contributed by atoms with E-state index < -0.39 is 7.60 Å². The van der Waals surface area contributed by atoms with Gasteiger partial charge in [-0.05, 0) is 20.8 Å². The van der Waals surface area contributed by atoms with Crippen LogP contribution in [0.25, 0.3) is 0 Å². The summed E-state index contributed by atoms with van der Waals surface area (Å²) in [6.07, 6.45) is 1.59. The predicted octanol–water partition coefficient (Wildman–Crippen LogP) is 2.83. The van der Waals surface area contributed by atoms with E-state index >= 15 is 0 Å². The highest BCUT2D eigenvalue weighted by atomic mass is 31.2. The summed E-state index contributed by atoms with van der Waals surface area (Å²) in [4.78, 5) is 0. The van der Waals surface area contributed by atoms with Crippen LogP contribution in [0.2, 0.25) is 0 Å². The third kappa shape index (κ3) is 3.10. The van der Waals surface area contributed by atoms with Crippen molar-refractivity contribution in [1.29, 1.82) is 0 Å². The number of hydrogen-bond donors (Lipinski definition) is 0. The third-order valence-corrected chi connectivity index (χ3v) is 3.90. The normalized spacial score (nSPS) is 14.2. The molecule has 0 amide bonds. The Morgan fingerprint density at radius 2 is 1.83 bits per heavy atom. The molecule has 0 radical (unpaired) electrons. The first-order chi connectivity index (χ1) is 5.60. The van der Waals surface area contributed by atoms with Gasteiger partial charge in [0.2, 0.25) is 0 Å². The van der Waals surface area contributed by atoms with Crippen LogP contribution in [-0.4, -0.2) is 18.9 Å². The molecule has 0 aliphatic rings. The van der Waals surface area contributed by atoms with Gasteiger partial charge in [0.15, 0.2) is 0 Å². The maximum atomic E-state index is 11.8. The van der Waals surface area contributed by atoms with Crippen molar-refractivity contribution in [2.75, 3.05) is 13.2 Å². The van der Waals surface area contributed by atoms with Gasteiger partial charge in [0.25, 0.3) is 0 Å². The van der Waals surface area contributed by atoms with Gasteiger partial charge >= 0.3 is 7.60 Å². The van der Waals surface area contributed by atoms with Gasteiger partial charge in [-0.25, -0.2) is 0 Å². The summed E-state index contributed by atoms with van der Waals surface area (Å²) in [5, 5.41) is 0. The van der Waals surface area contributed by atoms with E-state index in [1.807, 2.05) is 0 Å². The van der Waals surface area contributed by atoms with Crippen molar-refractivity contribution in [1.82, 2.24) is 0 Å². The first kappa shape index (κ1) is 11.9. The highest BCUT2D eigenvalue weighted by molar-refractivity contribution is 7.54. The maximum absolute atomic E-state index is 11.8. The van der Waals surface area contributed by atoms with Crippen LogP contribution in [0.15, 0.2) is 12.7 Å². The minimum Gasteiger partial charge on any atom is -0.308 e. The summed E-state index contributed by atoms with van der Waals surface area (Å²) in [6, 6.07) is 0. The Morgan fingerprint density at radius 3 is 2.08 bits per heavy atom. The first-order valence-electron chi connectivity index (χ1n) is 4.12. The van der Waals surface area contributed by atoms with Gasteiger partial charge in [-0.3, -0.25) is 4.57 Å². The fourth-order valence-electron chi connectivity index (χ4n) is 0.761. The van der Waals surface area contributed by atoms with Crippen molar-refractivity contribution >= 4 is 7.60 Å². The van der Waals surface area contributed by atoms with Crippen LogP contribution in [0.3, 0.4) is 0 Å². The molecule has 0 aromatic carbocycles. The minimum atomic E-state index is -2.93. The summed E-state index contributed by atoms with van der Waals surface area (Å²) in [5.41, 5.74) is -0.239. The molecule has 0 aliphatic carbocycles. The summed E-state index contributed by atoms with van der Waals surface area (Å²) in [5.74, 6) is 0. The van der Waals surface area contributed by atoms with E-state index in [0.717, 1.165) is 0 Å². The van der Waals surface area contributed by atoms with E-state index in [-0.39, 0.29) is 5.66 Å². The quantitative estimate of drug-likeness (QED) is 0.479. The van der Waals surface area contributed by atoms with Gasteiger partial charge in [0.05, 0.1) is 18.9 Å². The molecule has 0 aromatic heterocycles. The highest BCUT2D eigenvalue weighted by Gasteiger charge is 2.29. The van der Waals surface area contributed by atoms with E-state index in [4.69, 9.17) is 9.05 Å². The number of rotatable bonds is 6. The topological polar surface area (TPSA) is 35.5 Å². The van der Waals surface area contributed by atoms with Crippen LogP contribution in [0.1, 0.15) is 20.8 Å². The lowest BCUT2D eigenvalue weighted by molar-refractivity contribution is 0.216. The van der Waals surface area contributed by atoms with E-state index in [0.29, 0.717) is 13.2 Å². The van der Waals surface area contributed by atoms with E-state index in [9.17, 15) is 4.57 Å². The zero-order chi connectivity index (χ0) is 9.61. The molecule has 0 saturated carbocycles. The van der Waals surface area contributed by atoms with Crippen molar-refractivity contribution in [3.05, 3.63) is 12.7 Å². The first-order valence-corrected chi connectivity index (χ1v) is 5.73. The second-order valence-electron chi connectivity index (χ2n) is 2.35. The smallest absolute Gasteiger partial charge is 0.308 e. The van der Waals surface area contributed by atoms with Gasteiger partial charge in [0, 0.05) is 0 Å². The van der Waals surface area contributed by atoms with Crippen LogP contribution >= 0.6 is 7.60 Å². The Labute approximate surface area is 74.3 Å². The van der Waals surface area contributed by atoms with E-state index in [1.165, 1.54) is 0 Å². The lowest BCUT2D eigenvalue weighted by Crippen LogP contribution is -2.06. The zero-order valence-electron chi connectivity index (χ0n) is 7.95. The molecule has 0 saturated heterocycles. The standard InChI is InChI=1S/C8H17O3P/c1-5-8(4)12(9,10-6-2)11-7-3/h5,8H,1,6-7H2,2-4H3. The Balaban J connectivity index is 4.37. The average Bonchev–Trinajstić information content (AvgIpc) is 2.04. The summed E-state index contributed by atoms with van der Waals surface area (Å²) < 4.78 is 22.0. The molecule has 0 bridgehead atoms. The molecule has 0 fully saturated rings. The Hall–Kier alpha value is -0.110. The fourth-order valence-corrected chi connectivity index (χ4v) is 2.28. The Morgan fingerprint density at radius 1 is 1.42 bits per heavy atom. The van der Waals surface area contributed by atoms with Crippen LogP contribution in [0, 0.1) is 0 Å². The molecule has 72 valence electrons. The lowest BCUT2D eigenvalue weighted by Gasteiger charge is -2.20. The molecule has 0 aliphatic heterocycles.